The van der Waals surface area contributed by atoms with Gasteiger partial charge in [-0.3, -0.25) is 10.1 Å². The number of hydrogen-bond acceptors (Lipinski definition) is 2. The van der Waals surface area contributed by atoms with E-state index in [4.69, 9.17) is 0 Å². The monoisotopic (exact) mass is 250 g/mol. The largest absolute Gasteiger partial charge is 0.324 e. The van der Waals surface area contributed by atoms with E-state index in [1.165, 1.54) is 12.1 Å². The minimum absolute atomic E-state index is 0.105. The smallest absolute Gasteiger partial charge is 0.246 e. The first kappa shape index (κ1) is 13.0. The van der Waals surface area contributed by atoms with Crippen LogP contribution in [0.1, 0.15) is 38.8 Å². The average Bonchev–Trinajstić information content (AvgIpc) is 2.55. The summed E-state index contributed by atoms with van der Waals surface area (Å²) in [6, 6.07) is 4.17. The predicted octanol–water partition coefficient (Wildman–Crippen LogP) is 2.84. The van der Waals surface area contributed by atoms with Crippen molar-refractivity contribution >= 4 is 11.6 Å². The van der Waals surface area contributed by atoms with E-state index in [9.17, 15) is 9.18 Å². The number of benzene rings is 1. The first-order chi connectivity index (χ1) is 8.47. The molecule has 1 aliphatic rings. The van der Waals surface area contributed by atoms with E-state index in [0.717, 1.165) is 6.42 Å². The Labute approximate surface area is 107 Å². The second-order valence-corrected chi connectivity index (χ2v) is 5.35. The normalized spacial score (nSPS) is 19.8. The van der Waals surface area contributed by atoms with Crippen molar-refractivity contribution in [2.75, 3.05) is 5.32 Å². The van der Waals surface area contributed by atoms with Crippen LogP contribution in [0.5, 0.6) is 0 Å². The average molecular weight is 250 g/mol. The maximum atomic E-state index is 13.2. The van der Waals surface area contributed by atoms with E-state index < -0.39 is 6.04 Å². The summed E-state index contributed by atoms with van der Waals surface area (Å²) >= 11 is 0. The highest BCUT2D eigenvalue weighted by molar-refractivity contribution is 6.02. The second-order valence-electron chi connectivity index (χ2n) is 5.35. The number of rotatable bonds is 4. The maximum absolute atomic E-state index is 13.2. The van der Waals surface area contributed by atoms with Crippen LogP contribution < -0.4 is 10.6 Å². The number of carbonyl (C=O) groups is 1. The molecule has 0 saturated heterocycles. The summed E-state index contributed by atoms with van der Waals surface area (Å²) in [4.78, 5) is 11.9. The molecule has 2 atom stereocenters. The fraction of sp³-hybridized carbons (Fsp3) is 0.500. The number of halogens is 1. The third-order valence-electron chi connectivity index (χ3n) is 3.12. The minimum atomic E-state index is -0.440. The Morgan fingerprint density at radius 2 is 2.11 bits per heavy atom. The molecule has 2 unspecified atom stereocenters. The number of carbonyl (C=O) groups excluding carboxylic acids is 1. The molecule has 0 radical (unpaired) electrons. The maximum Gasteiger partial charge on any atom is 0.246 e. The quantitative estimate of drug-likeness (QED) is 0.862. The molecule has 2 rings (SSSR count). The SMILES string of the molecule is CC(C)CC(C)NC1C(=O)Nc2ccc(F)cc21. The molecule has 1 aromatic rings. The highest BCUT2D eigenvalue weighted by Gasteiger charge is 2.31. The summed E-state index contributed by atoms with van der Waals surface area (Å²) < 4.78 is 13.2. The molecule has 0 fully saturated rings. The number of anilines is 1. The Morgan fingerprint density at radius 3 is 2.78 bits per heavy atom. The zero-order valence-electron chi connectivity index (χ0n) is 11.0. The zero-order chi connectivity index (χ0) is 13.3. The lowest BCUT2D eigenvalue weighted by Crippen LogP contribution is -2.35. The van der Waals surface area contributed by atoms with Gasteiger partial charge in [0.05, 0.1) is 0 Å². The summed E-state index contributed by atoms with van der Waals surface area (Å²) in [6.45, 7) is 6.32. The van der Waals surface area contributed by atoms with Crippen LogP contribution in [0.2, 0.25) is 0 Å². The fourth-order valence-corrected chi connectivity index (χ4v) is 2.46. The van der Waals surface area contributed by atoms with Crippen LogP contribution in [0.4, 0.5) is 10.1 Å². The molecule has 4 heteroatoms. The number of amides is 1. The lowest BCUT2D eigenvalue weighted by molar-refractivity contribution is -0.117. The minimum Gasteiger partial charge on any atom is -0.324 e. The van der Waals surface area contributed by atoms with Gasteiger partial charge < -0.3 is 5.32 Å². The van der Waals surface area contributed by atoms with Gasteiger partial charge in [-0.2, -0.15) is 0 Å². The van der Waals surface area contributed by atoms with Crippen LogP contribution in [-0.2, 0) is 4.79 Å². The third-order valence-corrected chi connectivity index (χ3v) is 3.12. The topological polar surface area (TPSA) is 41.1 Å². The van der Waals surface area contributed by atoms with E-state index in [2.05, 4.69) is 24.5 Å². The van der Waals surface area contributed by atoms with Gasteiger partial charge in [0.15, 0.2) is 0 Å². The van der Waals surface area contributed by atoms with Crippen molar-refractivity contribution < 1.29 is 9.18 Å². The van der Waals surface area contributed by atoms with Gasteiger partial charge in [-0.05, 0) is 37.5 Å². The van der Waals surface area contributed by atoms with Gasteiger partial charge in [0.2, 0.25) is 5.91 Å². The highest BCUT2D eigenvalue weighted by atomic mass is 19.1. The predicted molar refractivity (Wildman–Crippen MR) is 69.8 cm³/mol. The van der Waals surface area contributed by atoms with Gasteiger partial charge in [-0.25, -0.2) is 4.39 Å². The molecule has 0 saturated carbocycles. The van der Waals surface area contributed by atoms with E-state index in [1.807, 2.05) is 6.92 Å². The Bertz CT molecular complexity index is 459. The molecule has 18 heavy (non-hydrogen) atoms. The van der Waals surface area contributed by atoms with Gasteiger partial charge in [0.25, 0.3) is 0 Å². The molecule has 1 aromatic carbocycles. The number of hydrogen-bond donors (Lipinski definition) is 2. The second kappa shape index (κ2) is 5.06. The fourth-order valence-electron chi connectivity index (χ4n) is 2.46. The lowest BCUT2D eigenvalue weighted by Gasteiger charge is -2.20. The Morgan fingerprint density at radius 1 is 1.39 bits per heavy atom. The Kier molecular flexibility index (Phi) is 3.66. The standard InChI is InChI=1S/C14H19FN2O/c1-8(2)6-9(3)16-13-11-7-10(15)4-5-12(11)17-14(13)18/h4-5,7-9,13,16H,6H2,1-3H3,(H,17,18). The van der Waals surface area contributed by atoms with Gasteiger partial charge in [-0.15, -0.1) is 0 Å². The molecule has 0 aliphatic carbocycles. The van der Waals surface area contributed by atoms with Crippen LogP contribution in [0.15, 0.2) is 18.2 Å². The van der Waals surface area contributed by atoms with Crippen LogP contribution in [0.25, 0.3) is 0 Å². The lowest BCUT2D eigenvalue weighted by atomic mass is 10.0. The molecule has 1 amide bonds. The molecule has 2 N–H and O–H groups in total. The van der Waals surface area contributed by atoms with Crippen molar-refractivity contribution in [2.24, 2.45) is 5.92 Å². The number of nitrogens with one attached hydrogen (secondary N) is 2. The van der Waals surface area contributed by atoms with E-state index >= 15 is 0 Å². The Hall–Kier alpha value is -1.42. The number of fused-ring (bicyclic) bond motifs is 1. The zero-order valence-corrected chi connectivity index (χ0v) is 11.0. The molecule has 1 heterocycles. The van der Waals surface area contributed by atoms with Crippen molar-refractivity contribution in [1.29, 1.82) is 0 Å². The van der Waals surface area contributed by atoms with Gasteiger partial charge in [0.1, 0.15) is 11.9 Å². The van der Waals surface area contributed by atoms with Crippen LogP contribution in [-0.4, -0.2) is 11.9 Å². The molecule has 0 aromatic heterocycles. The summed E-state index contributed by atoms with van der Waals surface area (Å²) in [5.74, 6) is 0.142. The molecule has 1 aliphatic heterocycles. The Balaban J connectivity index is 2.15. The highest BCUT2D eigenvalue weighted by Crippen LogP contribution is 2.31. The van der Waals surface area contributed by atoms with Crippen molar-refractivity contribution in [3.8, 4) is 0 Å². The van der Waals surface area contributed by atoms with Crippen molar-refractivity contribution in [3.63, 3.8) is 0 Å². The van der Waals surface area contributed by atoms with Crippen molar-refractivity contribution in [1.82, 2.24) is 5.32 Å². The van der Waals surface area contributed by atoms with Crippen LogP contribution in [0.3, 0.4) is 0 Å². The van der Waals surface area contributed by atoms with Crippen LogP contribution in [0, 0.1) is 11.7 Å². The first-order valence-corrected chi connectivity index (χ1v) is 6.33. The molecule has 3 nitrogen and oxygen atoms in total. The van der Waals surface area contributed by atoms with Crippen molar-refractivity contribution in [2.45, 2.75) is 39.3 Å². The van der Waals surface area contributed by atoms with E-state index in [0.29, 0.717) is 17.2 Å². The summed E-state index contributed by atoms with van der Waals surface area (Å²) in [5.41, 5.74) is 1.41. The van der Waals surface area contributed by atoms with Gasteiger partial charge >= 0.3 is 0 Å². The summed E-state index contributed by atoms with van der Waals surface area (Å²) in [6.07, 6.45) is 0.981. The molecular weight excluding hydrogens is 231 g/mol. The molecule has 98 valence electrons. The summed E-state index contributed by atoms with van der Waals surface area (Å²) in [7, 11) is 0. The summed E-state index contributed by atoms with van der Waals surface area (Å²) in [5, 5.41) is 6.03. The van der Waals surface area contributed by atoms with E-state index in [1.54, 1.807) is 6.07 Å². The van der Waals surface area contributed by atoms with Gasteiger partial charge in [0, 0.05) is 17.3 Å². The third kappa shape index (κ3) is 2.70. The van der Waals surface area contributed by atoms with E-state index in [-0.39, 0.29) is 17.8 Å². The van der Waals surface area contributed by atoms with Crippen molar-refractivity contribution in [3.05, 3.63) is 29.6 Å². The molecular formula is C14H19FN2O. The molecule has 0 spiro atoms. The molecule has 0 bridgehead atoms. The first-order valence-electron chi connectivity index (χ1n) is 6.33. The van der Waals surface area contributed by atoms with Crippen LogP contribution >= 0.6 is 0 Å². The van der Waals surface area contributed by atoms with Gasteiger partial charge in [-0.1, -0.05) is 13.8 Å².